The molecule has 0 aliphatic carbocycles. The van der Waals surface area contributed by atoms with Crippen LogP contribution in [0.25, 0.3) is 0 Å². The molecule has 4 nitrogen and oxygen atoms in total. The number of furan rings is 1. The Kier molecular flexibility index (Phi) is 4.06. The lowest BCUT2D eigenvalue weighted by atomic mass is 10.0. The molecule has 1 amide bonds. The van der Waals surface area contributed by atoms with Gasteiger partial charge in [-0.05, 0) is 17.7 Å². The standard InChI is InChI=1S/C16H15ClN2O2/c17-9-8-16(20)19-14(15-7-4-10-21-15)11-13(18-19)12-5-2-1-3-6-12/h1-7,10,14H,8-9,11H2/t14-/m0/s1. The van der Waals surface area contributed by atoms with E-state index in [0.29, 0.717) is 6.42 Å². The highest BCUT2D eigenvalue weighted by Crippen LogP contribution is 2.33. The molecule has 1 aliphatic heterocycles. The third-order valence-electron chi connectivity index (χ3n) is 3.45. The highest BCUT2D eigenvalue weighted by molar-refractivity contribution is 6.19. The van der Waals surface area contributed by atoms with Crippen molar-refractivity contribution in [3.63, 3.8) is 0 Å². The van der Waals surface area contributed by atoms with Crippen molar-refractivity contribution < 1.29 is 9.21 Å². The van der Waals surface area contributed by atoms with Gasteiger partial charge in [0.2, 0.25) is 5.91 Å². The number of benzene rings is 1. The topological polar surface area (TPSA) is 45.8 Å². The quantitative estimate of drug-likeness (QED) is 0.810. The number of rotatable bonds is 4. The Balaban J connectivity index is 1.91. The number of hydrogen-bond acceptors (Lipinski definition) is 3. The van der Waals surface area contributed by atoms with Gasteiger partial charge in [-0.2, -0.15) is 5.10 Å². The average Bonchev–Trinajstić information content (AvgIpc) is 3.17. The van der Waals surface area contributed by atoms with Gasteiger partial charge in [0, 0.05) is 18.7 Å². The third kappa shape index (κ3) is 2.85. The maximum Gasteiger partial charge on any atom is 0.244 e. The van der Waals surface area contributed by atoms with Crippen LogP contribution in [0.5, 0.6) is 0 Å². The first-order valence-electron chi connectivity index (χ1n) is 6.84. The van der Waals surface area contributed by atoms with E-state index in [1.807, 2.05) is 42.5 Å². The first-order valence-corrected chi connectivity index (χ1v) is 7.37. The Labute approximate surface area is 128 Å². The fraction of sp³-hybridized carbons (Fsp3) is 0.250. The molecule has 0 unspecified atom stereocenters. The second kappa shape index (κ2) is 6.14. The van der Waals surface area contributed by atoms with Gasteiger partial charge in [-0.3, -0.25) is 4.79 Å². The zero-order chi connectivity index (χ0) is 14.7. The van der Waals surface area contributed by atoms with Crippen molar-refractivity contribution in [1.82, 2.24) is 5.01 Å². The van der Waals surface area contributed by atoms with Gasteiger partial charge < -0.3 is 4.42 Å². The molecule has 0 saturated carbocycles. The molecule has 1 aliphatic rings. The van der Waals surface area contributed by atoms with Crippen molar-refractivity contribution in [2.45, 2.75) is 18.9 Å². The van der Waals surface area contributed by atoms with Gasteiger partial charge >= 0.3 is 0 Å². The van der Waals surface area contributed by atoms with Gasteiger partial charge in [0.1, 0.15) is 11.8 Å². The zero-order valence-corrected chi connectivity index (χ0v) is 12.2. The van der Waals surface area contributed by atoms with Crippen LogP contribution in [0.1, 0.15) is 30.2 Å². The number of alkyl halides is 1. The van der Waals surface area contributed by atoms with Crippen LogP contribution < -0.4 is 0 Å². The Morgan fingerprint density at radius 3 is 2.76 bits per heavy atom. The lowest BCUT2D eigenvalue weighted by Crippen LogP contribution is -2.26. The maximum atomic E-state index is 12.2. The predicted molar refractivity (Wildman–Crippen MR) is 81.2 cm³/mol. The average molecular weight is 303 g/mol. The number of halogens is 1. The van der Waals surface area contributed by atoms with Crippen LogP contribution in [0.4, 0.5) is 0 Å². The Morgan fingerprint density at radius 1 is 1.29 bits per heavy atom. The molecule has 5 heteroatoms. The van der Waals surface area contributed by atoms with Crippen LogP contribution in [0.2, 0.25) is 0 Å². The Hall–Kier alpha value is -2.07. The van der Waals surface area contributed by atoms with Gasteiger partial charge in [0.15, 0.2) is 0 Å². The lowest BCUT2D eigenvalue weighted by molar-refractivity contribution is -0.132. The minimum Gasteiger partial charge on any atom is -0.467 e. The molecule has 0 fully saturated rings. The molecule has 0 radical (unpaired) electrons. The van der Waals surface area contributed by atoms with Gasteiger partial charge in [-0.25, -0.2) is 5.01 Å². The second-order valence-electron chi connectivity index (χ2n) is 4.83. The Morgan fingerprint density at radius 2 is 2.10 bits per heavy atom. The lowest BCUT2D eigenvalue weighted by Gasteiger charge is -2.19. The van der Waals surface area contributed by atoms with Crippen molar-refractivity contribution in [2.75, 3.05) is 5.88 Å². The third-order valence-corrected chi connectivity index (χ3v) is 3.64. The van der Waals surface area contributed by atoms with Crippen LogP contribution >= 0.6 is 11.6 Å². The molecule has 1 aromatic carbocycles. The van der Waals surface area contributed by atoms with Crippen LogP contribution in [0.3, 0.4) is 0 Å². The first kappa shape index (κ1) is 13.9. The highest BCUT2D eigenvalue weighted by Gasteiger charge is 2.34. The van der Waals surface area contributed by atoms with Crippen molar-refractivity contribution in [3.05, 3.63) is 60.1 Å². The molecule has 0 spiro atoms. The molecule has 3 rings (SSSR count). The number of hydrazone groups is 1. The number of amides is 1. The number of carbonyl (C=O) groups is 1. The molecule has 1 atom stereocenters. The van der Waals surface area contributed by atoms with Gasteiger partial charge in [0.25, 0.3) is 0 Å². The molecule has 1 aromatic heterocycles. The normalized spacial score (nSPS) is 17.9. The van der Waals surface area contributed by atoms with Crippen LogP contribution in [-0.4, -0.2) is 22.5 Å². The van der Waals surface area contributed by atoms with E-state index in [-0.39, 0.29) is 24.2 Å². The van der Waals surface area contributed by atoms with Gasteiger partial charge in [0.05, 0.1) is 12.0 Å². The summed E-state index contributed by atoms with van der Waals surface area (Å²) >= 11 is 5.68. The van der Waals surface area contributed by atoms with Crippen LogP contribution in [-0.2, 0) is 4.79 Å². The van der Waals surface area contributed by atoms with Crippen LogP contribution in [0, 0.1) is 0 Å². The summed E-state index contributed by atoms with van der Waals surface area (Å²) < 4.78 is 5.46. The fourth-order valence-electron chi connectivity index (χ4n) is 2.44. The summed E-state index contributed by atoms with van der Waals surface area (Å²) in [6.45, 7) is 0. The molecular formula is C16H15ClN2O2. The Bertz CT molecular complexity index is 638. The minimum atomic E-state index is -0.189. The zero-order valence-electron chi connectivity index (χ0n) is 11.4. The maximum absolute atomic E-state index is 12.2. The summed E-state index contributed by atoms with van der Waals surface area (Å²) in [6, 6.07) is 13.4. The molecule has 0 N–H and O–H groups in total. The van der Waals surface area contributed by atoms with E-state index in [0.717, 1.165) is 17.0 Å². The monoisotopic (exact) mass is 302 g/mol. The van der Waals surface area contributed by atoms with Gasteiger partial charge in [-0.15, -0.1) is 11.6 Å². The summed E-state index contributed by atoms with van der Waals surface area (Å²) in [5, 5.41) is 6.00. The van der Waals surface area contributed by atoms with Crippen molar-refractivity contribution in [1.29, 1.82) is 0 Å². The van der Waals surface area contributed by atoms with E-state index in [1.165, 1.54) is 5.01 Å². The molecule has 2 heterocycles. The number of hydrogen-bond donors (Lipinski definition) is 0. The largest absolute Gasteiger partial charge is 0.467 e. The summed E-state index contributed by atoms with van der Waals surface area (Å²) in [5.41, 5.74) is 1.91. The van der Waals surface area contributed by atoms with E-state index in [1.54, 1.807) is 6.26 Å². The number of carbonyl (C=O) groups excluding carboxylic acids is 1. The highest BCUT2D eigenvalue weighted by atomic mass is 35.5. The molecule has 0 saturated heterocycles. The van der Waals surface area contributed by atoms with Gasteiger partial charge in [-0.1, -0.05) is 30.3 Å². The van der Waals surface area contributed by atoms with Crippen molar-refractivity contribution >= 4 is 23.2 Å². The van der Waals surface area contributed by atoms with E-state index in [4.69, 9.17) is 16.0 Å². The summed E-state index contributed by atoms with van der Waals surface area (Å²) in [6.07, 6.45) is 2.52. The molecular weight excluding hydrogens is 288 g/mol. The van der Waals surface area contributed by atoms with E-state index in [2.05, 4.69) is 5.10 Å². The van der Waals surface area contributed by atoms with E-state index < -0.39 is 0 Å². The summed E-state index contributed by atoms with van der Waals surface area (Å²) in [4.78, 5) is 12.2. The fourth-order valence-corrected chi connectivity index (χ4v) is 2.60. The first-order chi connectivity index (χ1) is 10.3. The smallest absolute Gasteiger partial charge is 0.244 e. The van der Waals surface area contributed by atoms with E-state index >= 15 is 0 Å². The van der Waals surface area contributed by atoms with Crippen LogP contribution in [0.15, 0.2) is 58.2 Å². The molecule has 21 heavy (non-hydrogen) atoms. The molecule has 2 aromatic rings. The van der Waals surface area contributed by atoms with Crippen molar-refractivity contribution in [2.24, 2.45) is 5.10 Å². The molecule has 108 valence electrons. The second-order valence-corrected chi connectivity index (χ2v) is 5.20. The van der Waals surface area contributed by atoms with E-state index in [9.17, 15) is 4.79 Å². The SMILES string of the molecule is O=C(CCCl)N1N=C(c2ccccc2)C[C@H]1c1ccco1. The summed E-state index contributed by atoms with van der Waals surface area (Å²) in [5.74, 6) is 0.945. The predicted octanol–water partition coefficient (Wildman–Crippen LogP) is 3.59. The van der Waals surface area contributed by atoms with Crippen molar-refractivity contribution in [3.8, 4) is 0 Å². The number of nitrogens with zero attached hydrogens (tertiary/aromatic N) is 2. The minimum absolute atomic E-state index is 0.0858. The summed E-state index contributed by atoms with van der Waals surface area (Å²) in [7, 11) is 0. The molecule has 0 bridgehead atoms.